The molecule has 0 spiro atoms. The van der Waals surface area contributed by atoms with Crippen molar-refractivity contribution in [2.45, 2.75) is 17.5 Å². The van der Waals surface area contributed by atoms with E-state index in [4.69, 9.17) is 10.2 Å². The minimum Gasteiger partial charge on any atom is -0.367 e. The van der Waals surface area contributed by atoms with Crippen molar-refractivity contribution < 1.29 is 10.2 Å². The van der Waals surface area contributed by atoms with Gasteiger partial charge in [-0.05, 0) is 6.92 Å². The van der Waals surface area contributed by atoms with Crippen LogP contribution in [0, 0.1) is 0 Å². The van der Waals surface area contributed by atoms with E-state index >= 15 is 0 Å². The molecule has 1 unspecified atom stereocenters. The Hall–Kier alpha value is 0.880. The van der Waals surface area contributed by atoms with Gasteiger partial charge in [0.15, 0.2) is 6.29 Å². The van der Waals surface area contributed by atoms with Gasteiger partial charge >= 0.3 is 0 Å². The first-order valence-electron chi connectivity index (χ1n) is 2.11. The number of alkyl halides is 2. The molecule has 2 nitrogen and oxygen atoms in total. The number of rotatable bonds is 2. The Kier molecular flexibility index (Phi) is 3.50. The summed E-state index contributed by atoms with van der Waals surface area (Å²) in [5.41, 5.74) is 0. The Morgan fingerprint density at radius 3 is 2.00 bits per heavy atom. The summed E-state index contributed by atoms with van der Waals surface area (Å²) in [7, 11) is 0. The lowest BCUT2D eigenvalue weighted by atomic mass is 10.2. The highest BCUT2D eigenvalue weighted by atomic mass is 79.9. The van der Waals surface area contributed by atoms with E-state index in [-0.39, 0.29) is 0 Å². The van der Waals surface area contributed by atoms with Gasteiger partial charge in [-0.3, -0.25) is 0 Å². The lowest BCUT2D eigenvalue weighted by Crippen LogP contribution is -2.34. The zero-order valence-corrected chi connectivity index (χ0v) is 7.61. The monoisotopic (exact) mass is 246 g/mol. The van der Waals surface area contributed by atoms with Gasteiger partial charge in [-0.15, -0.1) is 0 Å². The Bertz CT molecular complexity index is 72.4. The van der Waals surface area contributed by atoms with Crippen molar-refractivity contribution >= 4 is 31.9 Å². The van der Waals surface area contributed by atoms with E-state index in [0.717, 1.165) is 0 Å². The molecule has 4 heteroatoms. The van der Waals surface area contributed by atoms with E-state index in [9.17, 15) is 0 Å². The van der Waals surface area contributed by atoms with Gasteiger partial charge in [0.1, 0.15) is 0 Å². The molecule has 0 rings (SSSR count). The summed E-state index contributed by atoms with van der Waals surface area (Å²) in [4.78, 5) is 0. The van der Waals surface area contributed by atoms with Crippen LogP contribution >= 0.6 is 31.9 Å². The van der Waals surface area contributed by atoms with Crippen LogP contribution in [-0.2, 0) is 0 Å². The molecule has 0 aliphatic heterocycles. The van der Waals surface area contributed by atoms with Gasteiger partial charge < -0.3 is 10.2 Å². The highest BCUT2D eigenvalue weighted by molar-refractivity contribution is 9.12. The fourth-order valence-corrected chi connectivity index (χ4v) is 0.359. The molecule has 0 saturated heterocycles. The molecule has 0 amide bonds. The molecule has 1 atom stereocenters. The lowest BCUT2D eigenvalue weighted by Gasteiger charge is -2.20. The molecule has 0 aromatic carbocycles. The maximum absolute atomic E-state index is 8.56. The second-order valence-electron chi connectivity index (χ2n) is 1.79. The Morgan fingerprint density at radius 1 is 1.62 bits per heavy atom. The quantitative estimate of drug-likeness (QED) is 0.561. The molecule has 8 heavy (non-hydrogen) atoms. The second kappa shape index (κ2) is 3.15. The first-order valence-corrected chi connectivity index (χ1v) is 4.03. The molecule has 50 valence electrons. The fourth-order valence-electron chi connectivity index (χ4n) is 0.0690. The zero-order chi connectivity index (χ0) is 6.78. The Balaban J connectivity index is 3.71. The van der Waals surface area contributed by atoms with Gasteiger partial charge in [0, 0.05) is 5.33 Å². The minimum absolute atomic E-state index is 0.512. The molecule has 2 N–H and O–H groups in total. The molecule has 0 bridgehead atoms. The maximum atomic E-state index is 8.56. The van der Waals surface area contributed by atoms with Gasteiger partial charge in [0.25, 0.3) is 0 Å². The molecule has 0 aromatic heterocycles. The summed E-state index contributed by atoms with van der Waals surface area (Å²) in [5.74, 6) is 0. The topological polar surface area (TPSA) is 40.5 Å². The third-order valence-corrected chi connectivity index (χ3v) is 3.41. The van der Waals surface area contributed by atoms with Gasteiger partial charge in [0.05, 0.1) is 4.32 Å². The van der Waals surface area contributed by atoms with E-state index in [1.807, 2.05) is 0 Å². The molecule has 0 heterocycles. The highest BCUT2D eigenvalue weighted by Gasteiger charge is 2.26. The third-order valence-electron chi connectivity index (χ3n) is 0.800. The van der Waals surface area contributed by atoms with Crippen molar-refractivity contribution in [2.24, 2.45) is 0 Å². The van der Waals surface area contributed by atoms with E-state index in [2.05, 4.69) is 31.9 Å². The summed E-state index contributed by atoms with van der Waals surface area (Å²) in [6, 6.07) is 0. The standard InChI is InChI=1S/C4H8Br2O2/c1-4(6,2-5)3(7)8/h3,7-8H,2H2,1H3. The number of aliphatic hydroxyl groups excluding tert-OH is 1. The van der Waals surface area contributed by atoms with Crippen molar-refractivity contribution in [3.63, 3.8) is 0 Å². The fraction of sp³-hybridized carbons (Fsp3) is 1.00. The minimum atomic E-state index is -1.32. The number of halogens is 2. The molecule has 0 aliphatic rings. The van der Waals surface area contributed by atoms with Crippen molar-refractivity contribution in [1.29, 1.82) is 0 Å². The maximum Gasteiger partial charge on any atom is 0.167 e. The van der Waals surface area contributed by atoms with Gasteiger partial charge in [0.2, 0.25) is 0 Å². The Labute approximate surface area is 65.2 Å². The predicted octanol–water partition coefficient (Wildman–Crippen LogP) is 0.846. The van der Waals surface area contributed by atoms with E-state index < -0.39 is 10.6 Å². The SMILES string of the molecule is CC(Br)(CBr)C(O)O. The van der Waals surface area contributed by atoms with Crippen LogP contribution < -0.4 is 0 Å². The van der Waals surface area contributed by atoms with Crippen LogP contribution in [0.2, 0.25) is 0 Å². The molecule has 0 radical (unpaired) electrons. The smallest absolute Gasteiger partial charge is 0.167 e. The summed E-state index contributed by atoms with van der Waals surface area (Å²) in [6.45, 7) is 1.69. The van der Waals surface area contributed by atoms with Gasteiger partial charge in [-0.1, -0.05) is 31.9 Å². The van der Waals surface area contributed by atoms with E-state index in [1.165, 1.54) is 0 Å². The van der Waals surface area contributed by atoms with Crippen LogP contribution in [-0.4, -0.2) is 26.2 Å². The number of aliphatic hydroxyl groups is 2. The first-order chi connectivity index (χ1) is 3.50. The average Bonchev–Trinajstić information content (AvgIpc) is 1.67. The van der Waals surface area contributed by atoms with Crippen molar-refractivity contribution in [3.8, 4) is 0 Å². The first kappa shape index (κ1) is 8.88. The number of hydrogen-bond donors (Lipinski definition) is 2. The molecular formula is C4H8Br2O2. The molecular weight excluding hydrogens is 240 g/mol. The van der Waals surface area contributed by atoms with Gasteiger partial charge in [-0.25, -0.2) is 0 Å². The summed E-state index contributed by atoms with van der Waals surface area (Å²) >= 11 is 6.20. The third kappa shape index (κ3) is 2.44. The van der Waals surface area contributed by atoms with Crippen molar-refractivity contribution in [2.75, 3.05) is 5.33 Å². The van der Waals surface area contributed by atoms with Crippen LogP contribution in [0.1, 0.15) is 6.92 Å². The largest absolute Gasteiger partial charge is 0.367 e. The molecule has 0 aromatic rings. The Morgan fingerprint density at radius 2 is 2.00 bits per heavy atom. The summed E-state index contributed by atoms with van der Waals surface area (Å²) in [5, 5.41) is 17.6. The van der Waals surface area contributed by atoms with Crippen LogP contribution in [0.4, 0.5) is 0 Å². The van der Waals surface area contributed by atoms with Gasteiger partial charge in [-0.2, -0.15) is 0 Å². The van der Waals surface area contributed by atoms with Crippen LogP contribution in [0.25, 0.3) is 0 Å². The zero-order valence-electron chi connectivity index (χ0n) is 4.43. The number of hydrogen-bond acceptors (Lipinski definition) is 2. The molecule has 0 aliphatic carbocycles. The summed E-state index contributed by atoms with van der Waals surface area (Å²) < 4.78 is -0.618. The van der Waals surface area contributed by atoms with Crippen LogP contribution in [0.15, 0.2) is 0 Å². The van der Waals surface area contributed by atoms with Crippen molar-refractivity contribution in [1.82, 2.24) is 0 Å². The van der Waals surface area contributed by atoms with Crippen LogP contribution in [0.5, 0.6) is 0 Å². The lowest BCUT2D eigenvalue weighted by molar-refractivity contribution is -0.0572. The predicted molar refractivity (Wildman–Crippen MR) is 39.4 cm³/mol. The highest BCUT2D eigenvalue weighted by Crippen LogP contribution is 2.22. The van der Waals surface area contributed by atoms with E-state index in [0.29, 0.717) is 5.33 Å². The van der Waals surface area contributed by atoms with Crippen LogP contribution in [0.3, 0.4) is 0 Å². The molecule has 0 fully saturated rings. The second-order valence-corrected chi connectivity index (χ2v) is 4.16. The average molecular weight is 248 g/mol. The normalized spacial score (nSPS) is 18.8. The summed E-state index contributed by atoms with van der Waals surface area (Å²) in [6.07, 6.45) is -1.32. The molecule has 0 saturated carbocycles. The van der Waals surface area contributed by atoms with Crippen molar-refractivity contribution in [3.05, 3.63) is 0 Å². The van der Waals surface area contributed by atoms with E-state index in [1.54, 1.807) is 6.92 Å².